The second-order valence-corrected chi connectivity index (χ2v) is 11.3. The highest BCUT2D eigenvalue weighted by Crippen LogP contribution is 2.26. The van der Waals surface area contributed by atoms with E-state index in [1.54, 1.807) is 20.0 Å². The predicted octanol–water partition coefficient (Wildman–Crippen LogP) is 3.79. The maximum atomic E-state index is 13.1. The molecule has 0 bridgehead atoms. The van der Waals surface area contributed by atoms with E-state index in [1.807, 2.05) is 57.1 Å². The SMILES string of the molecule is CCCC(=O)c1nc(CC)c(NC2CCOCC2)nc1Nc1cccc(C#CCNC(=O)[C@H](C)N(C)C(=O)/C=C/CN(C)C)c1. The molecule has 0 saturated carbocycles. The monoisotopic (exact) mass is 617 g/mol. The van der Waals surface area contributed by atoms with Crippen molar-refractivity contribution in [3.05, 3.63) is 53.4 Å². The minimum absolute atomic E-state index is 0.0577. The molecular formula is C34H47N7O4. The zero-order chi connectivity index (χ0) is 32.8. The van der Waals surface area contributed by atoms with Crippen LogP contribution in [0.1, 0.15) is 68.2 Å². The van der Waals surface area contributed by atoms with Crippen LogP contribution in [0.25, 0.3) is 0 Å². The third kappa shape index (κ3) is 11.0. The second-order valence-electron chi connectivity index (χ2n) is 11.3. The van der Waals surface area contributed by atoms with Crippen molar-refractivity contribution in [1.29, 1.82) is 0 Å². The highest BCUT2D eigenvalue weighted by Gasteiger charge is 2.22. The summed E-state index contributed by atoms with van der Waals surface area (Å²) in [6.07, 6.45) is 6.74. The number of aromatic nitrogens is 2. The normalized spacial score (nSPS) is 14.0. The number of anilines is 3. The summed E-state index contributed by atoms with van der Waals surface area (Å²) in [5, 5.41) is 9.61. The molecule has 0 aliphatic carbocycles. The summed E-state index contributed by atoms with van der Waals surface area (Å²) in [5.74, 6) is 6.54. The van der Waals surface area contributed by atoms with Crippen LogP contribution >= 0.6 is 0 Å². The zero-order valence-corrected chi connectivity index (χ0v) is 27.4. The molecule has 0 unspecified atom stereocenters. The molecule has 1 atom stereocenters. The van der Waals surface area contributed by atoms with E-state index in [0.29, 0.717) is 62.0 Å². The van der Waals surface area contributed by atoms with Crippen LogP contribution in [0.3, 0.4) is 0 Å². The number of nitrogens with zero attached hydrogens (tertiary/aromatic N) is 4. The van der Waals surface area contributed by atoms with Gasteiger partial charge in [-0.2, -0.15) is 0 Å². The molecule has 45 heavy (non-hydrogen) atoms. The minimum Gasteiger partial charge on any atom is -0.381 e. The first-order valence-electron chi connectivity index (χ1n) is 15.6. The van der Waals surface area contributed by atoms with Crippen molar-refractivity contribution < 1.29 is 19.1 Å². The lowest BCUT2D eigenvalue weighted by Crippen LogP contribution is -2.45. The van der Waals surface area contributed by atoms with Gasteiger partial charge in [0.1, 0.15) is 17.6 Å². The van der Waals surface area contributed by atoms with Gasteiger partial charge in [0.2, 0.25) is 11.8 Å². The summed E-state index contributed by atoms with van der Waals surface area (Å²) in [5.41, 5.74) is 2.53. The molecule has 3 N–H and O–H groups in total. The summed E-state index contributed by atoms with van der Waals surface area (Å²) in [7, 11) is 5.43. The number of aryl methyl sites for hydroxylation is 1. The lowest BCUT2D eigenvalue weighted by Gasteiger charge is -2.25. The minimum atomic E-state index is -0.647. The molecule has 11 nitrogen and oxygen atoms in total. The molecule has 11 heteroatoms. The number of rotatable bonds is 14. The van der Waals surface area contributed by atoms with E-state index in [0.717, 1.165) is 24.1 Å². The van der Waals surface area contributed by atoms with Crippen LogP contribution in [-0.2, 0) is 20.7 Å². The van der Waals surface area contributed by atoms with Crippen molar-refractivity contribution in [3.63, 3.8) is 0 Å². The van der Waals surface area contributed by atoms with E-state index in [9.17, 15) is 14.4 Å². The number of carbonyl (C=O) groups excluding carboxylic acids is 3. The Morgan fingerprint density at radius 2 is 1.87 bits per heavy atom. The third-order valence-corrected chi connectivity index (χ3v) is 7.35. The first-order chi connectivity index (χ1) is 21.6. The van der Waals surface area contributed by atoms with Gasteiger partial charge in [-0.25, -0.2) is 9.97 Å². The van der Waals surface area contributed by atoms with Gasteiger partial charge in [-0.05, 0) is 64.9 Å². The summed E-state index contributed by atoms with van der Waals surface area (Å²) >= 11 is 0. The Kier molecular flexibility index (Phi) is 14.0. The van der Waals surface area contributed by atoms with E-state index in [2.05, 4.69) is 27.8 Å². The molecular weight excluding hydrogens is 570 g/mol. The number of carbonyl (C=O) groups is 3. The maximum absolute atomic E-state index is 13.1. The van der Waals surface area contributed by atoms with Crippen LogP contribution in [-0.4, -0.2) is 96.9 Å². The lowest BCUT2D eigenvalue weighted by atomic mass is 10.1. The first-order valence-corrected chi connectivity index (χ1v) is 15.6. The molecule has 242 valence electrons. The van der Waals surface area contributed by atoms with Crippen LogP contribution in [0.4, 0.5) is 17.3 Å². The van der Waals surface area contributed by atoms with Gasteiger partial charge >= 0.3 is 0 Å². The van der Waals surface area contributed by atoms with Crippen LogP contribution in [0.5, 0.6) is 0 Å². The number of benzene rings is 1. The fourth-order valence-electron chi connectivity index (χ4n) is 4.58. The van der Waals surface area contributed by atoms with Gasteiger partial charge in [0.05, 0.1) is 12.2 Å². The lowest BCUT2D eigenvalue weighted by molar-refractivity contribution is -0.134. The molecule has 2 heterocycles. The molecule has 0 radical (unpaired) electrons. The van der Waals surface area contributed by atoms with Crippen LogP contribution in [0.2, 0.25) is 0 Å². The van der Waals surface area contributed by atoms with Gasteiger partial charge in [0.25, 0.3) is 0 Å². The maximum Gasteiger partial charge on any atom is 0.246 e. The summed E-state index contributed by atoms with van der Waals surface area (Å²) < 4.78 is 5.50. The molecule has 3 rings (SSSR count). The number of hydrogen-bond acceptors (Lipinski definition) is 9. The Morgan fingerprint density at radius 3 is 2.56 bits per heavy atom. The molecule has 1 fully saturated rings. The molecule has 1 aliphatic heterocycles. The standard InChI is InChI=1S/C34H47N7O4/c1-7-12-29(42)31-33(39-32(28(8-2)38-31)36-26-17-21-45-22-18-26)37-27-15-9-13-25(23-27)14-10-19-35-34(44)24(3)41(6)30(43)16-11-20-40(4)5/h9,11,13,15-16,23-24,26H,7-8,12,17-22H2,1-6H3,(H,35,44)(H2,36,37,39)/b16-11+/t24-/m0/s1. The molecule has 1 aromatic heterocycles. The van der Waals surface area contributed by atoms with Gasteiger partial charge in [-0.1, -0.05) is 37.8 Å². The molecule has 0 spiro atoms. The molecule has 1 aliphatic rings. The van der Waals surface area contributed by atoms with E-state index in [1.165, 1.54) is 11.0 Å². The van der Waals surface area contributed by atoms with Gasteiger partial charge in [-0.3, -0.25) is 14.4 Å². The average molecular weight is 618 g/mol. The van der Waals surface area contributed by atoms with Crippen molar-refractivity contribution in [1.82, 2.24) is 25.1 Å². The van der Waals surface area contributed by atoms with Gasteiger partial charge in [0, 0.05) is 56.6 Å². The Morgan fingerprint density at radius 1 is 1.11 bits per heavy atom. The van der Waals surface area contributed by atoms with E-state index in [4.69, 9.17) is 14.7 Å². The topological polar surface area (TPSA) is 129 Å². The Bertz CT molecular complexity index is 1410. The van der Waals surface area contributed by atoms with Crippen LogP contribution in [0, 0.1) is 11.8 Å². The molecule has 2 aromatic rings. The van der Waals surface area contributed by atoms with E-state index >= 15 is 0 Å². The number of Topliss-reactive ketones (excluding diaryl/α,β-unsaturated/α-hetero) is 1. The second kappa shape index (κ2) is 17.9. The van der Waals surface area contributed by atoms with Crippen LogP contribution < -0.4 is 16.0 Å². The van der Waals surface area contributed by atoms with Gasteiger partial charge in [-0.15, -0.1) is 0 Å². The summed E-state index contributed by atoms with van der Waals surface area (Å²) in [6.45, 7) is 7.82. The highest BCUT2D eigenvalue weighted by atomic mass is 16.5. The van der Waals surface area contributed by atoms with Crippen molar-refractivity contribution in [2.24, 2.45) is 0 Å². The molecule has 1 saturated heterocycles. The first kappa shape index (κ1) is 35.2. The number of ketones is 1. The predicted molar refractivity (Wildman–Crippen MR) is 178 cm³/mol. The Balaban J connectivity index is 1.70. The van der Waals surface area contributed by atoms with E-state index in [-0.39, 0.29) is 30.2 Å². The van der Waals surface area contributed by atoms with Crippen molar-refractivity contribution in [2.45, 2.75) is 65.0 Å². The fraction of sp³-hybridized carbons (Fsp3) is 0.500. The third-order valence-electron chi connectivity index (χ3n) is 7.35. The van der Waals surface area contributed by atoms with Crippen molar-refractivity contribution in [3.8, 4) is 11.8 Å². The number of nitrogens with one attached hydrogen (secondary N) is 3. The van der Waals surface area contributed by atoms with Gasteiger partial charge < -0.3 is 30.5 Å². The highest BCUT2D eigenvalue weighted by molar-refractivity contribution is 5.99. The Hall–Kier alpha value is -4.27. The van der Waals surface area contributed by atoms with Crippen molar-refractivity contribution in [2.75, 3.05) is 58.1 Å². The number of likely N-dealkylation sites (N-methyl/N-ethyl adjacent to an activating group) is 2. The van der Waals surface area contributed by atoms with Crippen molar-refractivity contribution >= 4 is 34.9 Å². The zero-order valence-electron chi connectivity index (χ0n) is 27.4. The summed E-state index contributed by atoms with van der Waals surface area (Å²) in [4.78, 5) is 51.0. The summed E-state index contributed by atoms with van der Waals surface area (Å²) in [6, 6.07) is 7.05. The average Bonchev–Trinajstić information content (AvgIpc) is 3.03. The molecule has 1 aromatic carbocycles. The fourth-order valence-corrected chi connectivity index (χ4v) is 4.58. The number of ether oxygens (including phenoxy) is 1. The largest absolute Gasteiger partial charge is 0.381 e. The van der Waals surface area contributed by atoms with E-state index < -0.39 is 6.04 Å². The number of hydrogen-bond donors (Lipinski definition) is 3. The smallest absolute Gasteiger partial charge is 0.246 e. The molecule has 2 amide bonds. The van der Waals surface area contributed by atoms with Gasteiger partial charge in [0.15, 0.2) is 11.6 Å². The Labute approximate surface area is 267 Å². The van der Waals surface area contributed by atoms with Crippen LogP contribution in [0.15, 0.2) is 36.4 Å². The number of amides is 2. The quantitative estimate of drug-likeness (QED) is 0.165.